The summed E-state index contributed by atoms with van der Waals surface area (Å²) in [6.07, 6.45) is 12.2. The van der Waals surface area contributed by atoms with Crippen molar-refractivity contribution >= 4 is 0 Å². The summed E-state index contributed by atoms with van der Waals surface area (Å²) in [5, 5.41) is 0. The lowest BCUT2D eigenvalue weighted by Crippen LogP contribution is -2.34. The summed E-state index contributed by atoms with van der Waals surface area (Å²) in [4.78, 5) is 2.40. The molecule has 1 unspecified atom stereocenters. The first-order valence-electron chi connectivity index (χ1n) is 15.9. The van der Waals surface area contributed by atoms with Crippen molar-refractivity contribution in [3.8, 4) is 34.1 Å². The maximum Gasteiger partial charge on any atom is 0.164 e. The highest BCUT2D eigenvalue weighted by Gasteiger charge is 2.20. The van der Waals surface area contributed by atoms with E-state index in [1.807, 2.05) is 12.1 Å². The first kappa shape index (κ1) is 32.8. The summed E-state index contributed by atoms with van der Waals surface area (Å²) >= 11 is 0. The minimum atomic E-state index is 0.548. The van der Waals surface area contributed by atoms with Crippen molar-refractivity contribution in [2.45, 2.75) is 91.9 Å². The van der Waals surface area contributed by atoms with E-state index in [0.717, 1.165) is 60.1 Å². The number of unbranched alkanes of at least 4 members (excludes halogenated alkanes) is 2. The molecule has 1 atom stereocenters. The number of hydrogen-bond donors (Lipinski definition) is 0. The molecule has 228 valence electrons. The molecule has 0 radical (unpaired) electrons. The van der Waals surface area contributed by atoms with Gasteiger partial charge in [-0.25, -0.2) is 0 Å². The van der Waals surface area contributed by atoms with Gasteiger partial charge in [0, 0.05) is 12.5 Å². The summed E-state index contributed by atoms with van der Waals surface area (Å²) in [6.45, 7) is 12.6. The van der Waals surface area contributed by atoms with Gasteiger partial charge in [0.2, 0.25) is 0 Å². The molecule has 0 amide bonds. The summed E-state index contributed by atoms with van der Waals surface area (Å²) in [5.41, 5.74) is 6.71. The van der Waals surface area contributed by atoms with Crippen molar-refractivity contribution in [3.63, 3.8) is 0 Å². The lowest BCUT2D eigenvalue weighted by Gasteiger charge is -2.30. The molecule has 1 aliphatic carbocycles. The predicted molar refractivity (Wildman–Crippen MR) is 172 cm³/mol. The van der Waals surface area contributed by atoms with E-state index in [4.69, 9.17) is 18.9 Å². The second-order valence-electron chi connectivity index (χ2n) is 11.6. The van der Waals surface area contributed by atoms with E-state index in [0.29, 0.717) is 12.5 Å². The Morgan fingerprint density at radius 1 is 0.878 bits per heavy atom. The topological polar surface area (TPSA) is 40.2 Å². The average molecular weight is 566 g/mol. The maximum atomic E-state index is 6.48. The van der Waals surface area contributed by atoms with Crippen LogP contribution in [-0.4, -0.2) is 52.5 Å². The molecular weight excluding hydrogens is 510 g/mol. The minimum absolute atomic E-state index is 0.548. The fraction of sp³-hybridized carbons (Fsp3) is 0.611. The molecule has 1 aliphatic heterocycles. The Kier molecular flexibility index (Phi) is 13.9. The van der Waals surface area contributed by atoms with E-state index < -0.39 is 0 Å². The molecule has 2 aromatic carbocycles. The van der Waals surface area contributed by atoms with Crippen LogP contribution in [0.4, 0.5) is 0 Å². The number of allylic oxidation sites excluding steroid dienone is 2. The van der Waals surface area contributed by atoms with E-state index in [9.17, 15) is 0 Å². The Labute approximate surface area is 250 Å². The molecule has 1 saturated heterocycles. The Bertz CT molecular complexity index is 1100. The molecule has 2 fully saturated rings. The second kappa shape index (κ2) is 17.3. The van der Waals surface area contributed by atoms with Gasteiger partial charge in [-0.1, -0.05) is 50.8 Å². The van der Waals surface area contributed by atoms with Crippen molar-refractivity contribution in [1.29, 1.82) is 0 Å². The van der Waals surface area contributed by atoms with Crippen LogP contribution in [0, 0.1) is 5.92 Å². The lowest BCUT2D eigenvalue weighted by molar-refractivity contribution is 0.146. The summed E-state index contributed by atoms with van der Waals surface area (Å²) in [6, 6.07) is 10.4. The second-order valence-corrected chi connectivity index (χ2v) is 11.6. The highest BCUT2D eigenvalue weighted by atomic mass is 16.5. The molecule has 1 heterocycles. The van der Waals surface area contributed by atoms with Crippen molar-refractivity contribution in [3.05, 3.63) is 47.0 Å². The van der Waals surface area contributed by atoms with Gasteiger partial charge in [-0.3, -0.25) is 0 Å². The Morgan fingerprint density at radius 3 is 2.22 bits per heavy atom. The Balaban J connectivity index is 0.000000496. The molecular formula is C36H55NO4. The highest BCUT2D eigenvalue weighted by Crippen LogP contribution is 2.40. The number of benzene rings is 2. The zero-order valence-corrected chi connectivity index (χ0v) is 26.9. The smallest absolute Gasteiger partial charge is 0.164 e. The number of ether oxygens (including phenoxy) is 4. The first-order valence-corrected chi connectivity index (χ1v) is 15.9. The number of methoxy groups -OCH3 is 2. The summed E-state index contributed by atoms with van der Waals surface area (Å²) < 4.78 is 23.8. The molecule has 0 aromatic heterocycles. The summed E-state index contributed by atoms with van der Waals surface area (Å²) in [7, 11) is 5.52. The zero-order valence-electron chi connectivity index (χ0n) is 26.9. The van der Waals surface area contributed by atoms with Crippen LogP contribution in [-0.2, 0) is 6.42 Å². The minimum Gasteiger partial charge on any atom is -0.493 e. The van der Waals surface area contributed by atoms with Crippen LogP contribution in [0.5, 0.6) is 23.0 Å². The number of nitrogens with zero attached hydrogens (tertiary/aromatic N) is 1. The number of aryl methyl sites for hydroxylation is 1. The normalized spacial score (nSPS) is 16.8. The maximum absolute atomic E-state index is 6.48. The van der Waals surface area contributed by atoms with Gasteiger partial charge in [0.25, 0.3) is 0 Å². The monoisotopic (exact) mass is 565 g/mol. The van der Waals surface area contributed by atoms with Crippen LogP contribution < -0.4 is 18.9 Å². The van der Waals surface area contributed by atoms with Crippen LogP contribution in [0.1, 0.15) is 91.0 Å². The molecule has 0 spiro atoms. The van der Waals surface area contributed by atoms with Gasteiger partial charge < -0.3 is 23.8 Å². The fourth-order valence-corrected chi connectivity index (χ4v) is 5.55. The van der Waals surface area contributed by atoms with Gasteiger partial charge in [0.1, 0.15) is 0 Å². The largest absolute Gasteiger partial charge is 0.493 e. The van der Waals surface area contributed by atoms with Crippen LogP contribution in [0.25, 0.3) is 11.1 Å². The standard InChI is InChI=1S/C28H41NO4.C8H14/c1-6-8-9-15-32-28-22(7-2)16-24(23-12-13-25(30-4)26(17-23)31-5)18-27(28)33-20-21-11-10-14-29(3)19-21;1-3-7(2)8-5-4-6-8/h12-13,16-18,21H,6-11,14-15,19-20H2,1-5H3;3-6H2,1-2H3. The molecule has 2 aliphatic rings. The van der Waals surface area contributed by atoms with E-state index in [1.54, 1.807) is 25.4 Å². The van der Waals surface area contributed by atoms with E-state index >= 15 is 0 Å². The van der Waals surface area contributed by atoms with Crippen LogP contribution in [0.3, 0.4) is 0 Å². The fourth-order valence-electron chi connectivity index (χ4n) is 5.55. The Morgan fingerprint density at radius 2 is 1.63 bits per heavy atom. The number of hydrogen-bond acceptors (Lipinski definition) is 5. The van der Waals surface area contributed by atoms with Crippen molar-refractivity contribution in [2.24, 2.45) is 5.92 Å². The molecule has 0 bridgehead atoms. The molecule has 4 rings (SSSR count). The van der Waals surface area contributed by atoms with E-state index in [-0.39, 0.29) is 0 Å². The van der Waals surface area contributed by atoms with Crippen LogP contribution >= 0.6 is 0 Å². The number of rotatable bonds is 13. The van der Waals surface area contributed by atoms with E-state index in [2.05, 4.69) is 57.8 Å². The SMILES string of the molecule is CCC(C)=C1CCC1.CCCCCOc1c(CC)cc(-c2ccc(OC)c(OC)c2)cc1OCC1CCCN(C)C1. The van der Waals surface area contributed by atoms with Crippen molar-refractivity contribution < 1.29 is 18.9 Å². The molecule has 1 saturated carbocycles. The molecule has 5 nitrogen and oxygen atoms in total. The third-order valence-electron chi connectivity index (χ3n) is 8.51. The third kappa shape index (κ3) is 9.70. The van der Waals surface area contributed by atoms with Gasteiger partial charge in [-0.15, -0.1) is 0 Å². The molecule has 41 heavy (non-hydrogen) atoms. The first-order chi connectivity index (χ1) is 19.9. The van der Waals surface area contributed by atoms with Gasteiger partial charge in [0.05, 0.1) is 27.4 Å². The summed E-state index contributed by atoms with van der Waals surface area (Å²) in [5.74, 6) is 3.75. The van der Waals surface area contributed by atoms with E-state index in [1.165, 1.54) is 63.5 Å². The third-order valence-corrected chi connectivity index (χ3v) is 8.51. The van der Waals surface area contributed by atoms with Crippen molar-refractivity contribution in [1.82, 2.24) is 4.90 Å². The lowest BCUT2D eigenvalue weighted by atomic mass is 9.88. The van der Waals surface area contributed by atoms with Crippen molar-refractivity contribution in [2.75, 3.05) is 47.6 Å². The van der Waals surface area contributed by atoms with Crippen LogP contribution in [0.2, 0.25) is 0 Å². The van der Waals surface area contributed by atoms with Gasteiger partial charge in [0.15, 0.2) is 23.0 Å². The Hall–Kier alpha value is -2.66. The molecule has 5 heteroatoms. The van der Waals surface area contributed by atoms with Gasteiger partial charge >= 0.3 is 0 Å². The highest BCUT2D eigenvalue weighted by molar-refractivity contribution is 5.71. The van der Waals surface area contributed by atoms with Crippen LogP contribution in [0.15, 0.2) is 41.5 Å². The average Bonchev–Trinajstić information content (AvgIpc) is 2.97. The number of piperidine rings is 1. The predicted octanol–water partition coefficient (Wildman–Crippen LogP) is 9.12. The number of likely N-dealkylation sites (tertiary alicyclic amines) is 1. The van der Waals surface area contributed by atoms with Gasteiger partial charge in [-0.2, -0.15) is 0 Å². The molecule has 0 N–H and O–H groups in total. The molecule has 2 aromatic rings. The van der Waals surface area contributed by atoms with Gasteiger partial charge in [-0.05, 0) is 113 Å². The quantitative estimate of drug-likeness (QED) is 0.179. The zero-order chi connectivity index (χ0) is 29.6.